The Hall–Kier alpha value is -1.24. The van der Waals surface area contributed by atoms with Gasteiger partial charge >= 0.3 is 0 Å². The molecule has 0 amide bonds. The van der Waals surface area contributed by atoms with Gasteiger partial charge in [-0.1, -0.05) is 0 Å². The van der Waals surface area contributed by atoms with Gasteiger partial charge in [0.1, 0.15) is 0 Å². The zero-order chi connectivity index (χ0) is 14.6. The number of aryl methyl sites for hydroxylation is 1. The largest absolute Gasteiger partial charge is 0.325 e. The van der Waals surface area contributed by atoms with E-state index in [2.05, 4.69) is 53.5 Å². The fourth-order valence-corrected chi connectivity index (χ4v) is 4.62. The average molecular weight is 423 g/mol. The molecule has 0 aliphatic rings. The number of thiophene rings is 1. The summed E-state index contributed by atoms with van der Waals surface area (Å²) in [5.74, 6) is 0.970. The van der Waals surface area contributed by atoms with Crippen molar-refractivity contribution in [3.05, 3.63) is 44.8 Å². The Kier molecular flexibility index (Phi) is 3.13. The third-order valence-electron chi connectivity index (χ3n) is 3.47. The second-order valence-corrected chi connectivity index (χ2v) is 8.04. The fourth-order valence-electron chi connectivity index (χ4n) is 2.54. The van der Waals surface area contributed by atoms with Crippen LogP contribution in [0, 0.1) is 0 Å². The van der Waals surface area contributed by atoms with Gasteiger partial charge in [0.25, 0.3) is 0 Å². The molecule has 6 heteroatoms. The van der Waals surface area contributed by atoms with Crippen LogP contribution in [0.4, 0.5) is 0 Å². The first-order valence-corrected chi connectivity index (χ1v) is 8.71. The molecular formula is C15H9Br2N3S. The van der Waals surface area contributed by atoms with E-state index in [1.807, 2.05) is 25.2 Å². The molecule has 21 heavy (non-hydrogen) atoms. The van der Waals surface area contributed by atoms with Gasteiger partial charge in [-0.25, -0.2) is 4.98 Å². The summed E-state index contributed by atoms with van der Waals surface area (Å²) in [6.45, 7) is 0. The molecule has 0 atom stereocenters. The first kappa shape index (κ1) is 13.4. The Balaban J connectivity index is 2.14. The highest BCUT2D eigenvalue weighted by Crippen LogP contribution is 2.36. The first-order valence-electron chi connectivity index (χ1n) is 6.30. The van der Waals surface area contributed by atoms with Crippen LogP contribution in [0.1, 0.15) is 0 Å². The van der Waals surface area contributed by atoms with E-state index < -0.39 is 0 Å². The quantitative estimate of drug-likeness (QED) is 0.412. The number of halogens is 2. The smallest absolute Gasteiger partial charge is 0.151 e. The third-order valence-corrected chi connectivity index (χ3v) is 5.70. The summed E-state index contributed by atoms with van der Waals surface area (Å²) in [5, 5.41) is 1.08. The zero-order valence-electron chi connectivity index (χ0n) is 11.0. The van der Waals surface area contributed by atoms with Crippen molar-refractivity contribution in [1.29, 1.82) is 0 Å². The molecule has 3 heterocycles. The number of imidazole rings is 1. The van der Waals surface area contributed by atoms with Crippen LogP contribution in [0.2, 0.25) is 0 Å². The van der Waals surface area contributed by atoms with Crippen LogP contribution in [0.25, 0.3) is 32.6 Å². The second-order valence-electron chi connectivity index (χ2n) is 4.72. The topological polar surface area (TPSA) is 30.7 Å². The predicted octanol–water partition coefficient (Wildman–Crippen LogP) is 5.38. The molecule has 0 aliphatic heterocycles. The minimum Gasteiger partial charge on any atom is -0.325 e. The molecule has 3 nitrogen and oxygen atoms in total. The van der Waals surface area contributed by atoms with Gasteiger partial charge in [-0.05, 0) is 62.2 Å². The van der Waals surface area contributed by atoms with E-state index in [9.17, 15) is 0 Å². The van der Waals surface area contributed by atoms with Crippen molar-refractivity contribution in [1.82, 2.24) is 14.5 Å². The van der Waals surface area contributed by atoms with Crippen molar-refractivity contribution < 1.29 is 0 Å². The van der Waals surface area contributed by atoms with Gasteiger partial charge in [0.2, 0.25) is 0 Å². The van der Waals surface area contributed by atoms with E-state index in [1.54, 1.807) is 17.5 Å². The number of nitrogens with zero attached hydrogens (tertiary/aromatic N) is 3. The summed E-state index contributed by atoms with van der Waals surface area (Å²) >= 11 is 8.85. The molecule has 1 aromatic carbocycles. The first-order chi connectivity index (χ1) is 10.1. The van der Waals surface area contributed by atoms with Crippen LogP contribution in [0.5, 0.6) is 0 Å². The molecule has 0 bridgehead atoms. The van der Waals surface area contributed by atoms with Crippen molar-refractivity contribution >= 4 is 65.1 Å². The highest BCUT2D eigenvalue weighted by Gasteiger charge is 2.16. The Morgan fingerprint density at radius 3 is 2.81 bits per heavy atom. The van der Waals surface area contributed by atoms with E-state index in [4.69, 9.17) is 4.98 Å². The molecule has 3 aromatic heterocycles. The molecule has 0 N–H and O–H groups in total. The van der Waals surface area contributed by atoms with E-state index in [0.29, 0.717) is 0 Å². The summed E-state index contributed by atoms with van der Waals surface area (Å²) in [6, 6.07) is 10.2. The second kappa shape index (κ2) is 4.90. The predicted molar refractivity (Wildman–Crippen MR) is 94.7 cm³/mol. The van der Waals surface area contributed by atoms with Crippen LogP contribution in [0.15, 0.2) is 44.8 Å². The fraction of sp³-hybridized carbons (Fsp3) is 0.0667. The van der Waals surface area contributed by atoms with Crippen LogP contribution in [-0.2, 0) is 7.05 Å². The number of benzene rings is 1. The molecule has 0 unspecified atom stereocenters. The summed E-state index contributed by atoms with van der Waals surface area (Å²) in [7, 11) is 2.05. The molecule has 104 valence electrons. The van der Waals surface area contributed by atoms with Crippen LogP contribution in [-0.4, -0.2) is 14.5 Å². The van der Waals surface area contributed by atoms with Crippen LogP contribution < -0.4 is 0 Å². The van der Waals surface area contributed by atoms with E-state index in [1.165, 1.54) is 0 Å². The van der Waals surface area contributed by atoms with Crippen molar-refractivity contribution in [3.8, 4) is 10.7 Å². The van der Waals surface area contributed by atoms with Gasteiger partial charge in [0.15, 0.2) is 5.82 Å². The lowest BCUT2D eigenvalue weighted by Crippen LogP contribution is -1.91. The lowest BCUT2D eigenvalue weighted by atomic mass is 10.2. The normalized spacial score (nSPS) is 11.6. The van der Waals surface area contributed by atoms with Crippen molar-refractivity contribution in [2.24, 2.45) is 7.05 Å². The highest BCUT2D eigenvalue weighted by atomic mass is 79.9. The lowest BCUT2D eigenvalue weighted by molar-refractivity contribution is 0.961. The summed E-state index contributed by atoms with van der Waals surface area (Å²) < 4.78 is 4.25. The molecular weight excluding hydrogens is 414 g/mol. The molecule has 0 aliphatic carbocycles. The molecule has 0 radical (unpaired) electrons. The third kappa shape index (κ3) is 2.05. The minimum atomic E-state index is 0.953. The Labute approximate surface area is 141 Å². The van der Waals surface area contributed by atoms with Crippen molar-refractivity contribution in [3.63, 3.8) is 0 Å². The number of aromatic nitrogens is 3. The molecule has 0 fully saturated rings. The Morgan fingerprint density at radius 1 is 1.19 bits per heavy atom. The molecule has 4 rings (SSSR count). The van der Waals surface area contributed by atoms with E-state index in [0.717, 1.165) is 40.9 Å². The number of hydrogen-bond donors (Lipinski definition) is 0. The van der Waals surface area contributed by atoms with E-state index >= 15 is 0 Å². The van der Waals surface area contributed by atoms with Crippen LogP contribution >= 0.6 is 43.2 Å². The van der Waals surface area contributed by atoms with Gasteiger partial charge < -0.3 is 4.57 Å². The molecule has 0 saturated carbocycles. The van der Waals surface area contributed by atoms with Crippen molar-refractivity contribution in [2.45, 2.75) is 0 Å². The van der Waals surface area contributed by atoms with Gasteiger partial charge in [0.05, 0.1) is 25.2 Å². The Morgan fingerprint density at radius 2 is 2.05 bits per heavy atom. The Bertz CT molecular complexity index is 987. The summed E-state index contributed by atoms with van der Waals surface area (Å²) in [4.78, 5) is 10.4. The van der Waals surface area contributed by atoms with Crippen LogP contribution in [0.3, 0.4) is 0 Å². The standard InChI is InChI=1S/C15H9Br2N3S/c1-20-14-9(16)7-10-8(3-2-6-18-10)13(14)19-15(20)11-4-5-12(17)21-11/h2-7H,1H3. The molecule has 0 saturated heterocycles. The van der Waals surface area contributed by atoms with Gasteiger partial charge in [0, 0.05) is 23.1 Å². The highest BCUT2D eigenvalue weighted by molar-refractivity contribution is 9.11. The number of pyridine rings is 1. The van der Waals surface area contributed by atoms with Gasteiger partial charge in [-0.2, -0.15) is 0 Å². The average Bonchev–Trinajstić information content (AvgIpc) is 3.03. The maximum Gasteiger partial charge on any atom is 0.151 e. The van der Waals surface area contributed by atoms with Gasteiger partial charge in [-0.3, -0.25) is 4.98 Å². The molecule has 0 spiro atoms. The van der Waals surface area contributed by atoms with Gasteiger partial charge in [-0.15, -0.1) is 11.3 Å². The van der Waals surface area contributed by atoms with Crippen molar-refractivity contribution in [2.75, 3.05) is 0 Å². The lowest BCUT2D eigenvalue weighted by Gasteiger charge is -2.03. The zero-order valence-corrected chi connectivity index (χ0v) is 15.0. The monoisotopic (exact) mass is 421 g/mol. The number of hydrogen-bond acceptors (Lipinski definition) is 3. The minimum absolute atomic E-state index is 0.953. The SMILES string of the molecule is Cn1c(-c2ccc(Br)s2)nc2c3cccnc3cc(Br)c21. The number of fused-ring (bicyclic) bond motifs is 3. The number of rotatable bonds is 1. The maximum atomic E-state index is 4.87. The summed E-state index contributed by atoms with van der Waals surface area (Å²) in [6.07, 6.45) is 1.81. The van der Waals surface area contributed by atoms with E-state index in [-0.39, 0.29) is 0 Å². The molecule has 4 aromatic rings. The maximum absolute atomic E-state index is 4.87. The summed E-state index contributed by atoms with van der Waals surface area (Å²) in [5.41, 5.74) is 3.03.